The first-order valence-electron chi connectivity index (χ1n) is 8.70. The second kappa shape index (κ2) is 7.03. The molecule has 0 radical (unpaired) electrons. The van der Waals surface area contributed by atoms with Crippen LogP contribution in [0.3, 0.4) is 0 Å². The van der Waals surface area contributed by atoms with Crippen molar-refractivity contribution in [2.75, 3.05) is 6.61 Å². The van der Waals surface area contributed by atoms with Crippen molar-refractivity contribution in [2.24, 2.45) is 0 Å². The van der Waals surface area contributed by atoms with Crippen molar-refractivity contribution < 1.29 is 28.7 Å². The van der Waals surface area contributed by atoms with Gasteiger partial charge in [0.15, 0.2) is 12.4 Å². The molecular formula is C18H16FN3O7. The van der Waals surface area contributed by atoms with Crippen LogP contribution < -0.4 is 11.2 Å². The lowest BCUT2D eigenvalue weighted by Crippen LogP contribution is -2.37. The summed E-state index contributed by atoms with van der Waals surface area (Å²) in [4.78, 5) is 55.2. The zero-order valence-electron chi connectivity index (χ0n) is 15.1. The van der Waals surface area contributed by atoms with Gasteiger partial charge in [0.1, 0.15) is 18.8 Å². The topological polar surface area (TPSA) is 131 Å². The van der Waals surface area contributed by atoms with Gasteiger partial charge in [0.2, 0.25) is 0 Å². The summed E-state index contributed by atoms with van der Waals surface area (Å²) in [6.07, 6.45) is -5.34. The molecule has 2 N–H and O–H groups in total. The van der Waals surface area contributed by atoms with Gasteiger partial charge in [0.05, 0.1) is 11.1 Å². The fourth-order valence-electron chi connectivity index (χ4n) is 3.27. The number of fused-ring (bicyclic) bond motifs is 1. The molecule has 0 aliphatic carbocycles. The fourth-order valence-corrected chi connectivity index (χ4v) is 3.27. The van der Waals surface area contributed by atoms with Gasteiger partial charge in [-0.3, -0.25) is 28.8 Å². The van der Waals surface area contributed by atoms with E-state index in [4.69, 9.17) is 9.57 Å². The molecule has 1 aromatic carbocycles. The van der Waals surface area contributed by atoms with Crippen LogP contribution in [-0.4, -0.2) is 56.5 Å². The van der Waals surface area contributed by atoms with E-state index in [-0.39, 0.29) is 16.7 Å². The highest BCUT2D eigenvalue weighted by atomic mass is 19.1. The zero-order chi connectivity index (χ0) is 20.9. The summed E-state index contributed by atoms with van der Waals surface area (Å²) in [5.41, 5.74) is -1.03. The predicted octanol–water partition coefficient (Wildman–Crippen LogP) is -0.331. The number of ether oxygens (including phenoxy) is 1. The molecule has 4 atom stereocenters. The monoisotopic (exact) mass is 405 g/mol. The first-order valence-corrected chi connectivity index (χ1v) is 8.70. The number of nitrogens with one attached hydrogen (secondary N) is 1. The van der Waals surface area contributed by atoms with Crippen LogP contribution in [0.1, 0.15) is 32.5 Å². The highest BCUT2D eigenvalue weighted by molar-refractivity contribution is 6.20. The molecule has 10 nitrogen and oxygen atoms in total. The minimum Gasteiger partial charge on any atom is -0.387 e. The lowest BCUT2D eigenvalue weighted by molar-refractivity contribution is -0.141. The number of imide groups is 1. The number of aromatic amines is 1. The number of nitrogens with zero attached hydrogens (tertiary/aromatic N) is 2. The summed E-state index contributed by atoms with van der Waals surface area (Å²) in [6.45, 7) is 0.914. The molecule has 2 aliphatic heterocycles. The molecule has 152 valence electrons. The number of aliphatic hydroxyl groups excluding tert-OH is 1. The van der Waals surface area contributed by atoms with E-state index >= 15 is 0 Å². The van der Waals surface area contributed by atoms with E-state index < -0.39 is 54.3 Å². The van der Waals surface area contributed by atoms with Crippen molar-refractivity contribution in [3.05, 3.63) is 68.0 Å². The number of aliphatic hydroxyl groups is 1. The van der Waals surface area contributed by atoms with Gasteiger partial charge in [0.25, 0.3) is 17.4 Å². The van der Waals surface area contributed by atoms with E-state index in [1.165, 1.54) is 19.1 Å². The van der Waals surface area contributed by atoms with Gasteiger partial charge in [-0.1, -0.05) is 12.1 Å². The second-order valence-corrected chi connectivity index (χ2v) is 6.72. The number of hydroxylamine groups is 2. The van der Waals surface area contributed by atoms with E-state index in [0.29, 0.717) is 5.06 Å². The minimum absolute atomic E-state index is 0.153. The quantitative estimate of drug-likeness (QED) is 0.666. The first kappa shape index (κ1) is 19.2. The number of hydrogen-bond donors (Lipinski definition) is 2. The Morgan fingerprint density at radius 3 is 2.41 bits per heavy atom. The molecule has 1 aromatic heterocycles. The average Bonchev–Trinajstić information content (AvgIpc) is 3.11. The van der Waals surface area contributed by atoms with Crippen LogP contribution in [0.4, 0.5) is 4.39 Å². The molecule has 2 aromatic rings. The van der Waals surface area contributed by atoms with Crippen molar-refractivity contribution in [1.29, 1.82) is 0 Å². The first-order chi connectivity index (χ1) is 13.8. The van der Waals surface area contributed by atoms with Gasteiger partial charge in [-0.15, -0.1) is 5.06 Å². The summed E-state index contributed by atoms with van der Waals surface area (Å²) in [6, 6.07) is 6.13. The predicted molar refractivity (Wildman–Crippen MR) is 93.8 cm³/mol. The van der Waals surface area contributed by atoms with E-state index in [1.54, 1.807) is 12.1 Å². The summed E-state index contributed by atoms with van der Waals surface area (Å²) in [5.74, 6) is -1.36. The Labute approximate surface area is 162 Å². The van der Waals surface area contributed by atoms with Gasteiger partial charge < -0.3 is 9.84 Å². The molecule has 11 heteroatoms. The number of rotatable bonds is 4. The maximum atomic E-state index is 14.6. The van der Waals surface area contributed by atoms with Gasteiger partial charge in [-0.25, -0.2) is 9.18 Å². The Morgan fingerprint density at radius 1 is 1.17 bits per heavy atom. The van der Waals surface area contributed by atoms with Gasteiger partial charge in [0, 0.05) is 11.8 Å². The summed E-state index contributed by atoms with van der Waals surface area (Å²) in [7, 11) is 0. The van der Waals surface area contributed by atoms with Gasteiger partial charge in [-0.05, 0) is 19.1 Å². The Kier molecular flexibility index (Phi) is 4.65. The Hall–Kier alpha value is -3.15. The Morgan fingerprint density at radius 2 is 1.79 bits per heavy atom. The second-order valence-electron chi connectivity index (χ2n) is 6.72. The van der Waals surface area contributed by atoms with Crippen LogP contribution in [0.2, 0.25) is 0 Å². The lowest BCUT2D eigenvalue weighted by atomic mass is 10.1. The third kappa shape index (κ3) is 3.09. The van der Waals surface area contributed by atoms with Crippen LogP contribution in [0.25, 0.3) is 0 Å². The molecule has 1 saturated heterocycles. The normalized spacial score (nSPS) is 26.2. The van der Waals surface area contributed by atoms with Gasteiger partial charge in [-0.2, -0.15) is 0 Å². The lowest BCUT2D eigenvalue weighted by Gasteiger charge is -2.19. The number of alkyl halides is 1. The SMILES string of the molecule is Cc1cn([C@@H]2O[C@H](CON3C(=O)c4ccccc4C3=O)C(O)C2F)c(=O)[nH]c1=O. The smallest absolute Gasteiger partial charge is 0.330 e. The number of carbonyl (C=O) groups is 2. The number of carbonyl (C=O) groups excluding carboxylic acids is 2. The molecule has 29 heavy (non-hydrogen) atoms. The molecule has 3 heterocycles. The summed E-state index contributed by atoms with van der Waals surface area (Å²) < 4.78 is 20.8. The molecule has 0 spiro atoms. The molecule has 2 unspecified atom stereocenters. The highest BCUT2D eigenvalue weighted by Crippen LogP contribution is 2.32. The van der Waals surface area contributed by atoms with Crippen LogP contribution in [0.15, 0.2) is 40.1 Å². The van der Waals surface area contributed by atoms with Crippen molar-refractivity contribution in [1.82, 2.24) is 14.6 Å². The summed E-state index contributed by atoms with van der Waals surface area (Å²) >= 11 is 0. The average molecular weight is 405 g/mol. The third-order valence-corrected chi connectivity index (χ3v) is 4.84. The fraction of sp³-hybridized carbons (Fsp3) is 0.333. The van der Waals surface area contributed by atoms with Crippen molar-refractivity contribution in [2.45, 2.75) is 31.5 Å². The number of amides is 2. The maximum Gasteiger partial charge on any atom is 0.330 e. The maximum absolute atomic E-state index is 14.6. The molecule has 0 bridgehead atoms. The Balaban J connectivity index is 1.49. The summed E-state index contributed by atoms with van der Waals surface area (Å²) in [5, 5.41) is 10.7. The van der Waals surface area contributed by atoms with Crippen LogP contribution >= 0.6 is 0 Å². The number of H-pyrrole nitrogens is 1. The molecule has 1 fully saturated rings. The van der Waals surface area contributed by atoms with E-state index in [1.807, 2.05) is 4.98 Å². The van der Waals surface area contributed by atoms with Crippen molar-refractivity contribution in [3.63, 3.8) is 0 Å². The van der Waals surface area contributed by atoms with Gasteiger partial charge >= 0.3 is 5.69 Å². The highest BCUT2D eigenvalue weighted by Gasteiger charge is 2.47. The van der Waals surface area contributed by atoms with E-state index in [0.717, 1.165) is 10.8 Å². The number of halogens is 1. The largest absolute Gasteiger partial charge is 0.387 e. The van der Waals surface area contributed by atoms with E-state index in [9.17, 15) is 28.7 Å². The number of aryl methyl sites for hydroxylation is 1. The van der Waals surface area contributed by atoms with Crippen molar-refractivity contribution in [3.8, 4) is 0 Å². The Bertz CT molecular complexity index is 1080. The van der Waals surface area contributed by atoms with Crippen molar-refractivity contribution >= 4 is 11.8 Å². The molecular weight excluding hydrogens is 389 g/mol. The molecule has 4 rings (SSSR count). The third-order valence-electron chi connectivity index (χ3n) is 4.84. The standard InChI is InChI=1S/C18H16FN3O7/c1-8-6-21(18(27)20-14(8)24)17-12(19)13(23)11(29-17)7-28-22-15(25)9-4-2-3-5-10(9)16(22)26/h2-6,11-13,17,23H,7H2,1H3,(H,20,24,27)/t11-,12?,13?,17-/m1/s1. The molecule has 2 aliphatic rings. The number of benzene rings is 1. The van der Waals surface area contributed by atoms with Crippen LogP contribution in [0.5, 0.6) is 0 Å². The number of hydrogen-bond acceptors (Lipinski definition) is 7. The van der Waals surface area contributed by atoms with E-state index in [2.05, 4.69) is 0 Å². The molecule has 2 amide bonds. The zero-order valence-corrected chi connectivity index (χ0v) is 15.1. The minimum atomic E-state index is -2.01. The van der Waals surface area contributed by atoms with Crippen LogP contribution in [0, 0.1) is 6.92 Å². The van der Waals surface area contributed by atoms with Crippen LogP contribution in [-0.2, 0) is 9.57 Å². The number of aromatic nitrogens is 2. The molecule has 0 saturated carbocycles.